The van der Waals surface area contributed by atoms with E-state index in [2.05, 4.69) is 5.32 Å². The summed E-state index contributed by atoms with van der Waals surface area (Å²) in [5, 5.41) is 3.29. The van der Waals surface area contributed by atoms with Crippen molar-refractivity contribution in [2.45, 2.75) is 6.10 Å². The predicted octanol–water partition coefficient (Wildman–Crippen LogP) is 1.67. The van der Waals surface area contributed by atoms with Crippen LogP contribution >= 0.6 is 24.0 Å². The maximum absolute atomic E-state index is 11.5. The molecule has 0 saturated carbocycles. The summed E-state index contributed by atoms with van der Waals surface area (Å²) in [6, 6.07) is 6.82. The van der Waals surface area contributed by atoms with Crippen molar-refractivity contribution < 1.29 is 9.53 Å². The minimum absolute atomic E-state index is 0. The van der Waals surface area contributed by atoms with Crippen molar-refractivity contribution in [3.8, 4) is 0 Å². The lowest BCUT2D eigenvalue weighted by atomic mass is 10.3. The minimum atomic E-state index is -0.624. The molecular formula is C10H14Cl2N2O2. The van der Waals surface area contributed by atoms with Gasteiger partial charge < -0.3 is 15.8 Å². The normalized spacial score (nSPS) is 11.4. The van der Waals surface area contributed by atoms with Crippen molar-refractivity contribution in [1.29, 1.82) is 0 Å². The fourth-order valence-electron chi connectivity index (χ4n) is 1.07. The lowest BCUT2D eigenvalue weighted by Crippen LogP contribution is -2.35. The monoisotopic (exact) mass is 264 g/mol. The number of anilines is 1. The van der Waals surface area contributed by atoms with Crippen molar-refractivity contribution in [3.63, 3.8) is 0 Å². The van der Waals surface area contributed by atoms with E-state index in [-0.39, 0.29) is 24.9 Å². The minimum Gasteiger partial charge on any atom is -0.370 e. The first-order valence-electron chi connectivity index (χ1n) is 4.46. The molecule has 90 valence electrons. The van der Waals surface area contributed by atoms with Gasteiger partial charge >= 0.3 is 0 Å². The first-order chi connectivity index (χ1) is 7.17. The quantitative estimate of drug-likeness (QED) is 0.870. The third-order valence-electron chi connectivity index (χ3n) is 1.90. The van der Waals surface area contributed by atoms with E-state index in [1.165, 1.54) is 7.11 Å². The Bertz CT molecular complexity index is 326. The van der Waals surface area contributed by atoms with Gasteiger partial charge in [0.15, 0.2) is 0 Å². The molecule has 1 rings (SSSR count). The smallest absolute Gasteiger partial charge is 0.254 e. The van der Waals surface area contributed by atoms with Gasteiger partial charge in [-0.05, 0) is 24.3 Å². The lowest BCUT2D eigenvalue weighted by Gasteiger charge is -2.12. The molecule has 3 N–H and O–H groups in total. The van der Waals surface area contributed by atoms with E-state index in [4.69, 9.17) is 22.1 Å². The summed E-state index contributed by atoms with van der Waals surface area (Å²) in [7, 11) is 1.44. The fourth-order valence-corrected chi connectivity index (χ4v) is 1.19. The number of hydrogen-bond donors (Lipinski definition) is 2. The molecule has 0 aliphatic heterocycles. The van der Waals surface area contributed by atoms with Gasteiger partial charge in [0.2, 0.25) is 0 Å². The number of benzene rings is 1. The zero-order valence-electron chi connectivity index (χ0n) is 8.77. The molecule has 1 unspecified atom stereocenters. The highest BCUT2D eigenvalue weighted by Gasteiger charge is 2.15. The molecule has 1 amide bonds. The van der Waals surface area contributed by atoms with Gasteiger partial charge in [-0.3, -0.25) is 4.79 Å². The van der Waals surface area contributed by atoms with Gasteiger partial charge in [-0.1, -0.05) is 11.6 Å². The van der Waals surface area contributed by atoms with Crippen molar-refractivity contribution in [1.82, 2.24) is 0 Å². The van der Waals surface area contributed by atoms with E-state index >= 15 is 0 Å². The summed E-state index contributed by atoms with van der Waals surface area (Å²) >= 11 is 5.71. The van der Waals surface area contributed by atoms with Gasteiger partial charge in [-0.25, -0.2) is 0 Å². The number of carbonyl (C=O) groups excluding carboxylic acids is 1. The van der Waals surface area contributed by atoms with Crippen LogP contribution in [0.1, 0.15) is 0 Å². The molecule has 4 nitrogen and oxygen atoms in total. The maximum Gasteiger partial charge on any atom is 0.254 e. The first kappa shape index (κ1) is 15.2. The van der Waals surface area contributed by atoms with E-state index in [9.17, 15) is 4.79 Å². The second kappa shape index (κ2) is 7.46. The van der Waals surface area contributed by atoms with Crippen LogP contribution in [0.25, 0.3) is 0 Å². The summed E-state index contributed by atoms with van der Waals surface area (Å²) in [6.45, 7) is 0.149. The molecule has 0 aliphatic carbocycles. The Labute approximate surface area is 106 Å². The molecule has 1 aromatic rings. The molecule has 6 heteroatoms. The average molecular weight is 265 g/mol. The van der Waals surface area contributed by atoms with Crippen LogP contribution in [0.4, 0.5) is 5.69 Å². The van der Waals surface area contributed by atoms with Crippen molar-refractivity contribution in [2.75, 3.05) is 19.0 Å². The van der Waals surface area contributed by atoms with Gasteiger partial charge in [0, 0.05) is 24.4 Å². The molecule has 0 spiro atoms. The highest BCUT2D eigenvalue weighted by Crippen LogP contribution is 2.13. The zero-order chi connectivity index (χ0) is 11.3. The number of methoxy groups -OCH3 is 1. The Kier molecular flexibility index (Phi) is 7.08. The molecule has 0 aromatic heterocycles. The van der Waals surface area contributed by atoms with E-state index in [1.54, 1.807) is 24.3 Å². The molecular weight excluding hydrogens is 251 g/mol. The van der Waals surface area contributed by atoms with Crippen LogP contribution in [0.15, 0.2) is 24.3 Å². The van der Waals surface area contributed by atoms with Crippen LogP contribution in [0.3, 0.4) is 0 Å². The first-order valence-corrected chi connectivity index (χ1v) is 4.84. The summed E-state index contributed by atoms with van der Waals surface area (Å²) in [6.07, 6.45) is -0.624. The van der Waals surface area contributed by atoms with Crippen molar-refractivity contribution in [3.05, 3.63) is 29.3 Å². The fraction of sp³-hybridized carbons (Fsp3) is 0.300. The van der Waals surface area contributed by atoms with Crippen molar-refractivity contribution in [2.24, 2.45) is 5.73 Å². The number of rotatable bonds is 4. The largest absolute Gasteiger partial charge is 0.370 e. The Hall–Kier alpha value is -0.810. The number of halogens is 2. The van der Waals surface area contributed by atoms with Crippen LogP contribution in [0.5, 0.6) is 0 Å². The van der Waals surface area contributed by atoms with Gasteiger partial charge in [-0.15, -0.1) is 12.4 Å². The average Bonchev–Trinajstić information content (AvgIpc) is 2.23. The molecule has 1 aromatic carbocycles. The van der Waals surface area contributed by atoms with Crippen molar-refractivity contribution >= 4 is 35.6 Å². The van der Waals surface area contributed by atoms with Gasteiger partial charge in [0.05, 0.1) is 0 Å². The van der Waals surface area contributed by atoms with Crippen LogP contribution in [-0.4, -0.2) is 25.7 Å². The number of carbonyl (C=O) groups is 1. The van der Waals surface area contributed by atoms with E-state index < -0.39 is 6.10 Å². The highest BCUT2D eigenvalue weighted by atomic mass is 35.5. The number of nitrogens with one attached hydrogen (secondary N) is 1. The molecule has 0 radical (unpaired) electrons. The lowest BCUT2D eigenvalue weighted by molar-refractivity contribution is -0.125. The molecule has 0 saturated heterocycles. The Morgan fingerprint density at radius 2 is 2.06 bits per heavy atom. The van der Waals surface area contributed by atoms with E-state index in [1.807, 2.05) is 0 Å². The zero-order valence-corrected chi connectivity index (χ0v) is 10.3. The molecule has 0 heterocycles. The summed E-state index contributed by atoms with van der Waals surface area (Å²) in [5.41, 5.74) is 6.02. The van der Waals surface area contributed by atoms with Crippen LogP contribution < -0.4 is 11.1 Å². The Balaban J connectivity index is 0.00000225. The third-order valence-corrected chi connectivity index (χ3v) is 2.15. The topological polar surface area (TPSA) is 64.3 Å². The standard InChI is InChI=1S/C10H13ClN2O2.ClH/c1-15-9(6-12)10(14)13-8-4-2-7(11)3-5-8;/h2-5,9H,6,12H2,1H3,(H,13,14);1H. The molecule has 0 aliphatic rings. The maximum atomic E-state index is 11.5. The number of nitrogens with two attached hydrogens (primary N) is 1. The number of ether oxygens (including phenoxy) is 1. The summed E-state index contributed by atoms with van der Waals surface area (Å²) in [5.74, 6) is -0.262. The Morgan fingerprint density at radius 3 is 2.50 bits per heavy atom. The highest BCUT2D eigenvalue weighted by molar-refractivity contribution is 6.30. The van der Waals surface area contributed by atoms with Gasteiger partial charge in [-0.2, -0.15) is 0 Å². The number of hydrogen-bond acceptors (Lipinski definition) is 3. The summed E-state index contributed by atoms with van der Waals surface area (Å²) in [4.78, 5) is 11.5. The third kappa shape index (κ3) is 4.37. The van der Waals surface area contributed by atoms with E-state index in [0.29, 0.717) is 10.7 Å². The van der Waals surface area contributed by atoms with Crippen LogP contribution in [0, 0.1) is 0 Å². The molecule has 0 fully saturated rings. The van der Waals surface area contributed by atoms with E-state index in [0.717, 1.165) is 0 Å². The van der Waals surface area contributed by atoms with Crippen LogP contribution in [-0.2, 0) is 9.53 Å². The molecule has 16 heavy (non-hydrogen) atoms. The van der Waals surface area contributed by atoms with Gasteiger partial charge in [0.1, 0.15) is 6.10 Å². The number of amides is 1. The van der Waals surface area contributed by atoms with Crippen LogP contribution in [0.2, 0.25) is 5.02 Å². The molecule has 1 atom stereocenters. The van der Waals surface area contributed by atoms with Gasteiger partial charge in [0.25, 0.3) is 5.91 Å². The second-order valence-corrected chi connectivity index (χ2v) is 3.39. The predicted molar refractivity (Wildman–Crippen MR) is 67.2 cm³/mol. The SMILES string of the molecule is COC(CN)C(=O)Nc1ccc(Cl)cc1.Cl. The summed E-state index contributed by atoms with van der Waals surface area (Å²) < 4.78 is 4.89. The Morgan fingerprint density at radius 1 is 1.50 bits per heavy atom. The molecule has 0 bridgehead atoms. The second-order valence-electron chi connectivity index (χ2n) is 2.96.